The predicted molar refractivity (Wildman–Crippen MR) is 99.7 cm³/mol. The Morgan fingerprint density at radius 3 is 2.85 bits per heavy atom. The fourth-order valence-electron chi connectivity index (χ4n) is 2.77. The number of imidazole rings is 1. The molecule has 27 heavy (non-hydrogen) atoms. The Balaban J connectivity index is 1.66. The summed E-state index contributed by atoms with van der Waals surface area (Å²) in [6.07, 6.45) is 0. The number of benzene rings is 2. The van der Waals surface area contributed by atoms with E-state index in [2.05, 4.69) is 9.97 Å². The zero-order valence-electron chi connectivity index (χ0n) is 14.5. The van der Waals surface area contributed by atoms with Gasteiger partial charge in [-0.15, -0.1) is 0 Å². The summed E-state index contributed by atoms with van der Waals surface area (Å²) in [7, 11) is 0. The normalized spacial score (nSPS) is 11.0. The smallest absolute Gasteiger partial charge is 0.347 e. The third-order valence-corrected chi connectivity index (χ3v) is 4.01. The van der Waals surface area contributed by atoms with Crippen molar-refractivity contribution in [3.05, 3.63) is 59.0 Å². The van der Waals surface area contributed by atoms with Crippen molar-refractivity contribution in [1.82, 2.24) is 9.97 Å². The molecular weight excluding hydrogens is 348 g/mol. The lowest BCUT2D eigenvalue weighted by Gasteiger charge is -2.06. The average Bonchev–Trinajstić information content (AvgIpc) is 3.09. The molecular formula is C20H16N2O5. The molecule has 0 spiro atoms. The number of aromatic amines is 1. The lowest BCUT2D eigenvalue weighted by molar-refractivity contribution is -0.145. The molecule has 0 bridgehead atoms. The first-order valence-corrected chi connectivity index (χ1v) is 8.45. The Kier molecular flexibility index (Phi) is 4.33. The zero-order valence-corrected chi connectivity index (χ0v) is 14.5. The lowest BCUT2D eigenvalue weighted by Crippen LogP contribution is -2.14. The molecule has 0 aliphatic heterocycles. The number of nitrogens with zero attached hydrogens (tertiary/aromatic N) is 1. The van der Waals surface area contributed by atoms with Crippen LogP contribution < -0.4 is 10.4 Å². The maximum Gasteiger partial charge on any atom is 0.347 e. The van der Waals surface area contributed by atoms with Gasteiger partial charge in [-0.25, -0.2) is 14.6 Å². The molecule has 1 N–H and O–H groups in total. The SMILES string of the molecule is CCOC(=O)COc1ccc2cc(-c3nc4ccccc4[nH]3)c(=O)oc2c1. The van der Waals surface area contributed by atoms with Crippen LogP contribution in [-0.4, -0.2) is 29.2 Å². The third kappa shape index (κ3) is 3.39. The van der Waals surface area contributed by atoms with E-state index in [1.54, 1.807) is 31.2 Å². The van der Waals surface area contributed by atoms with Crippen LogP contribution in [0.3, 0.4) is 0 Å². The second-order valence-electron chi connectivity index (χ2n) is 5.84. The highest BCUT2D eigenvalue weighted by atomic mass is 16.6. The summed E-state index contributed by atoms with van der Waals surface area (Å²) in [5.41, 5.74) is 1.81. The Labute approximate surface area is 153 Å². The molecule has 0 atom stereocenters. The van der Waals surface area contributed by atoms with Crippen molar-refractivity contribution in [2.45, 2.75) is 6.92 Å². The standard InChI is InChI=1S/C20H16N2O5/c1-2-25-18(23)11-26-13-8-7-12-9-14(20(24)27-17(12)10-13)19-21-15-5-3-4-6-16(15)22-19/h3-10H,2,11H2,1H3,(H,21,22). The minimum absolute atomic E-state index is 0.208. The summed E-state index contributed by atoms with van der Waals surface area (Å²) in [6.45, 7) is 1.81. The van der Waals surface area contributed by atoms with Crippen LogP contribution in [0.15, 0.2) is 57.7 Å². The molecule has 136 valence electrons. The fourth-order valence-corrected chi connectivity index (χ4v) is 2.77. The molecule has 4 rings (SSSR count). The summed E-state index contributed by atoms with van der Waals surface area (Å²) in [5.74, 6) is 0.406. The summed E-state index contributed by atoms with van der Waals surface area (Å²) < 4.78 is 15.6. The van der Waals surface area contributed by atoms with Gasteiger partial charge in [0.2, 0.25) is 0 Å². The highest BCUT2D eigenvalue weighted by Crippen LogP contribution is 2.24. The van der Waals surface area contributed by atoms with Crippen molar-refractivity contribution < 1.29 is 18.7 Å². The largest absolute Gasteiger partial charge is 0.482 e. The van der Waals surface area contributed by atoms with Crippen LogP contribution in [-0.2, 0) is 9.53 Å². The number of ether oxygens (including phenoxy) is 2. The van der Waals surface area contributed by atoms with E-state index in [-0.39, 0.29) is 6.61 Å². The summed E-state index contributed by atoms with van der Waals surface area (Å²) in [6, 6.07) is 14.3. The van der Waals surface area contributed by atoms with Gasteiger partial charge in [0.1, 0.15) is 22.7 Å². The van der Waals surface area contributed by atoms with E-state index >= 15 is 0 Å². The Morgan fingerprint density at radius 1 is 1.19 bits per heavy atom. The molecule has 7 nitrogen and oxygen atoms in total. The number of H-pyrrole nitrogens is 1. The number of rotatable bonds is 5. The van der Waals surface area contributed by atoms with Gasteiger partial charge in [-0.2, -0.15) is 0 Å². The first kappa shape index (κ1) is 16.8. The van der Waals surface area contributed by atoms with Gasteiger partial charge in [0.15, 0.2) is 6.61 Å². The fraction of sp³-hybridized carbons (Fsp3) is 0.150. The van der Waals surface area contributed by atoms with Gasteiger partial charge in [0.25, 0.3) is 0 Å². The number of para-hydroxylation sites is 2. The van der Waals surface area contributed by atoms with Crippen LogP contribution in [0.2, 0.25) is 0 Å². The summed E-state index contributed by atoms with van der Waals surface area (Å²) >= 11 is 0. The number of fused-ring (bicyclic) bond motifs is 2. The molecule has 7 heteroatoms. The van der Waals surface area contributed by atoms with E-state index in [4.69, 9.17) is 13.9 Å². The van der Waals surface area contributed by atoms with Gasteiger partial charge in [-0.05, 0) is 37.3 Å². The number of aromatic nitrogens is 2. The number of nitrogens with one attached hydrogen (secondary N) is 1. The Bertz CT molecular complexity index is 1160. The molecule has 4 aromatic rings. The molecule has 2 aromatic carbocycles. The molecule has 0 unspecified atom stereocenters. The van der Waals surface area contributed by atoms with Crippen molar-refractivity contribution in [1.29, 1.82) is 0 Å². The maximum absolute atomic E-state index is 12.4. The molecule has 0 aliphatic carbocycles. The predicted octanol–water partition coefficient (Wildman–Crippen LogP) is 3.28. The molecule has 0 radical (unpaired) electrons. The highest BCUT2D eigenvalue weighted by molar-refractivity contribution is 5.84. The van der Waals surface area contributed by atoms with E-state index in [0.29, 0.717) is 34.7 Å². The van der Waals surface area contributed by atoms with Gasteiger partial charge in [-0.3, -0.25) is 0 Å². The topological polar surface area (TPSA) is 94.4 Å². The van der Waals surface area contributed by atoms with Crippen molar-refractivity contribution in [2.75, 3.05) is 13.2 Å². The Morgan fingerprint density at radius 2 is 2.04 bits per heavy atom. The van der Waals surface area contributed by atoms with Gasteiger partial charge in [0.05, 0.1) is 17.6 Å². The number of carbonyl (C=O) groups is 1. The molecule has 2 heterocycles. The van der Waals surface area contributed by atoms with E-state index in [1.165, 1.54) is 0 Å². The van der Waals surface area contributed by atoms with Crippen LogP contribution in [0.25, 0.3) is 33.4 Å². The van der Waals surface area contributed by atoms with Crippen LogP contribution in [0.1, 0.15) is 6.92 Å². The molecule has 2 aromatic heterocycles. The second kappa shape index (κ2) is 6.95. The lowest BCUT2D eigenvalue weighted by atomic mass is 10.1. The molecule has 0 saturated heterocycles. The third-order valence-electron chi connectivity index (χ3n) is 4.01. The van der Waals surface area contributed by atoms with Crippen molar-refractivity contribution in [3.63, 3.8) is 0 Å². The van der Waals surface area contributed by atoms with Crippen molar-refractivity contribution in [3.8, 4) is 17.1 Å². The van der Waals surface area contributed by atoms with Crippen LogP contribution in [0.5, 0.6) is 5.75 Å². The summed E-state index contributed by atoms with van der Waals surface area (Å²) in [4.78, 5) is 31.4. The number of esters is 1. The molecule has 0 aliphatic rings. The van der Waals surface area contributed by atoms with Crippen molar-refractivity contribution in [2.24, 2.45) is 0 Å². The number of hydrogen-bond acceptors (Lipinski definition) is 6. The number of carbonyl (C=O) groups excluding carboxylic acids is 1. The molecule has 0 saturated carbocycles. The van der Waals surface area contributed by atoms with Gasteiger partial charge >= 0.3 is 11.6 Å². The average molecular weight is 364 g/mol. The van der Waals surface area contributed by atoms with Crippen molar-refractivity contribution >= 4 is 28.0 Å². The van der Waals surface area contributed by atoms with Gasteiger partial charge in [-0.1, -0.05) is 12.1 Å². The first-order valence-electron chi connectivity index (χ1n) is 8.45. The van der Waals surface area contributed by atoms with Crippen LogP contribution in [0.4, 0.5) is 0 Å². The highest BCUT2D eigenvalue weighted by Gasteiger charge is 2.13. The molecule has 0 fully saturated rings. The number of hydrogen-bond donors (Lipinski definition) is 1. The van der Waals surface area contributed by atoms with E-state index in [9.17, 15) is 9.59 Å². The monoisotopic (exact) mass is 364 g/mol. The molecule has 0 amide bonds. The summed E-state index contributed by atoms with van der Waals surface area (Å²) in [5, 5.41) is 0.716. The van der Waals surface area contributed by atoms with E-state index < -0.39 is 11.6 Å². The van der Waals surface area contributed by atoms with Crippen LogP contribution in [0, 0.1) is 0 Å². The maximum atomic E-state index is 12.4. The van der Waals surface area contributed by atoms with Crippen LogP contribution >= 0.6 is 0 Å². The van der Waals surface area contributed by atoms with E-state index in [1.807, 2.05) is 24.3 Å². The quantitative estimate of drug-likeness (QED) is 0.431. The first-order chi connectivity index (χ1) is 13.1. The zero-order chi connectivity index (χ0) is 18.8. The minimum atomic E-state index is -0.510. The van der Waals surface area contributed by atoms with Gasteiger partial charge in [0, 0.05) is 11.5 Å². The second-order valence-corrected chi connectivity index (χ2v) is 5.84. The Hall–Kier alpha value is -3.61. The van der Waals surface area contributed by atoms with Gasteiger partial charge < -0.3 is 18.9 Å². The minimum Gasteiger partial charge on any atom is -0.482 e. The van der Waals surface area contributed by atoms with E-state index in [0.717, 1.165) is 11.0 Å².